The third kappa shape index (κ3) is 1.70. The highest BCUT2D eigenvalue weighted by Crippen LogP contribution is 2.26. The minimum Gasteiger partial charge on any atom is -0.259 e. The molecule has 2 rings (SSSR count). The molecule has 0 N–H and O–H groups in total. The van der Waals surface area contributed by atoms with Gasteiger partial charge in [0.15, 0.2) is 0 Å². The molecule has 4 heteroatoms. The molecule has 1 aliphatic heterocycles. The van der Waals surface area contributed by atoms with Crippen LogP contribution in [0, 0.1) is 5.82 Å². The van der Waals surface area contributed by atoms with E-state index in [-0.39, 0.29) is 16.3 Å². The zero-order valence-electron chi connectivity index (χ0n) is 7.53. The molecule has 0 spiro atoms. The smallest absolute Gasteiger partial charge is 0.259 e. The van der Waals surface area contributed by atoms with Crippen LogP contribution >= 0.6 is 11.8 Å². The number of aliphatic imine (C=N–C) groups is 1. The van der Waals surface area contributed by atoms with Gasteiger partial charge in [-0.2, -0.15) is 0 Å². The van der Waals surface area contributed by atoms with Gasteiger partial charge in [0.1, 0.15) is 5.82 Å². The predicted octanol–water partition coefficient (Wildman–Crippen LogP) is 2.87. The van der Waals surface area contributed by atoms with Gasteiger partial charge in [-0.15, -0.1) is 0 Å². The normalized spacial score (nSPS) is 21.1. The number of amides is 1. The Morgan fingerprint density at radius 1 is 1.36 bits per heavy atom. The van der Waals surface area contributed by atoms with E-state index in [1.807, 2.05) is 6.92 Å². The van der Waals surface area contributed by atoms with Crippen LogP contribution in [-0.2, 0) is 0 Å². The standard InChI is InChI=1S/C10H8FNOS/c1-6-9(12-10(13)14-6)7-2-4-8(11)5-3-7/h2-6H,1H3. The van der Waals surface area contributed by atoms with Crippen molar-refractivity contribution >= 4 is 22.7 Å². The maximum Gasteiger partial charge on any atom is 0.305 e. The van der Waals surface area contributed by atoms with Gasteiger partial charge in [-0.05, 0) is 24.6 Å². The van der Waals surface area contributed by atoms with E-state index in [2.05, 4.69) is 4.99 Å². The van der Waals surface area contributed by atoms with Crippen molar-refractivity contribution in [3.63, 3.8) is 0 Å². The lowest BCUT2D eigenvalue weighted by molar-refractivity contribution is 0.268. The summed E-state index contributed by atoms with van der Waals surface area (Å²) < 4.78 is 12.6. The number of hydrogen-bond donors (Lipinski definition) is 0. The summed E-state index contributed by atoms with van der Waals surface area (Å²) in [6.45, 7) is 1.91. The summed E-state index contributed by atoms with van der Waals surface area (Å²) >= 11 is 1.19. The number of hydrogen-bond acceptors (Lipinski definition) is 2. The van der Waals surface area contributed by atoms with E-state index in [4.69, 9.17) is 0 Å². The fraction of sp³-hybridized carbons (Fsp3) is 0.200. The predicted molar refractivity (Wildman–Crippen MR) is 55.4 cm³/mol. The largest absolute Gasteiger partial charge is 0.305 e. The van der Waals surface area contributed by atoms with E-state index in [1.165, 1.54) is 23.9 Å². The minimum absolute atomic E-state index is 0.0629. The SMILES string of the molecule is CC1SC(=O)N=C1c1ccc(F)cc1. The van der Waals surface area contributed by atoms with Crippen molar-refractivity contribution in [1.82, 2.24) is 0 Å². The summed E-state index contributed by atoms with van der Waals surface area (Å²) in [5, 5.41) is -0.107. The average Bonchev–Trinajstić information content (AvgIpc) is 2.47. The summed E-state index contributed by atoms with van der Waals surface area (Å²) in [5.41, 5.74) is 1.55. The molecule has 72 valence electrons. The number of carbonyl (C=O) groups excluding carboxylic acids is 1. The molecule has 0 saturated heterocycles. The molecule has 2 nitrogen and oxygen atoms in total. The van der Waals surface area contributed by atoms with Crippen molar-refractivity contribution < 1.29 is 9.18 Å². The molecule has 1 aromatic rings. The summed E-state index contributed by atoms with van der Waals surface area (Å²) in [5.74, 6) is -0.279. The average molecular weight is 209 g/mol. The van der Waals surface area contributed by atoms with E-state index < -0.39 is 0 Å². The van der Waals surface area contributed by atoms with Crippen molar-refractivity contribution in [3.8, 4) is 0 Å². The lowest BCUT2D eigenvalue weighted by Gasteiger charge is -2.04. The lowest BCUT2D eigenvalue weighted by Crippen LogP contribution is -2.09. The van der Waals surface area contributed by atoms with Crippen LogP contribution in [0.4, 0.5) is 9.18 Å². The number of thioether (sulfide) groups is 1. The molecule has 1 aromatic carbocycles. The molecular formula is C10H8FNOS. The first-order valence-corrected chi connectivity index (χ1v) is 5.10. The van der Waals surface area contributed by atoms with E-state index >= 15 is 0 Å². The van der Waals surface area contributed by atoms with Crippen molar-refractivity contribution in [2.45, 2.75) is 12.2 Å². The highest BCUT2D eigenvalue weighted by Gasteiger charge is 2.24. The van der Waals surface area contributed by atoms with Gasteiger partial charge < -0.3 is 0 Å². The topological polar surface area (TPSA) is 29.4 Å². The Labute approximate surface area is 85.2 Å². The molecule has 0 fully saturated rings. The number of rotatable bonds is 1. The van der Waals surface area contributed by atoms with Crippen LogP contribution in [0.25, 0.3) is 0 Å². The van der Waals surface area contributed by atoms with Crippen LogP contribution in [0.2, 0.25) is 0 Å². The Hall–Kier alpha value is -1.16. The molecular weight excluding hydrogens is 201 g/mol. The van der Waals surface area contributed by atoms with Crippen molar-refractivity contribution in [2.75, 3.05) is 0 Å². The fourth-order valence-corrected chi connectivity index (χ4v) is 2.10. The Bertz CT molecular complexity index is 399. The highest BCUT2D eigenvalue weighted by atomic mass is 32.2. The maximum absolute atomic E-state index is 12.6. The minimum atomic E-state index is -0.279. The second kappa shape index (κ2) is 3.53. The molecule has 0 aliphatic carbocycles. The number of carbonyl (C=O) groups is 1. The molecule has 1 atom stereocenters. The molecule has 0 aromatic heterocycles. The summed E-state index contributed by atoms with van der Waals surface area (Å²) in [6, 6.07) is 6.03. The zero-order chi connectivity index (χ0) is 10.1. The van der Waals surface area contributed by atoms with Crippen molar-refractivity contribution in [2.24, 2.45) is 4.99 Å². The monoisotopic (exact) mass is 209 g/mol. The maximum atomic E-state index is 12.6. The molecule has 14 heavy (non-hydrogen) atoms. The molecule has 0 saturated carbocycles. The van der Waals surface area contributed by atoms with Crippen molar-refractivity contribution in [1.29, 1.82) is 0 Å². The molecule has 1 unspecified atom stereocenters. The number of halogens is 1. The van der Waals surface area contributed by atoms with Crippen LogP contribution < -0.4 is 0 Å². The molecule has 0 bridgehead atoms. The van der Waals surface area contributed by atoms with E-state index in [9.17, 15) is 9.18 Å². The Kier molecular flexibility index (Phi) is 2.37. The molecule has 1 aliphatic rings. The van der Waals surface area contributed by atoms with Crippen LogP contribution in [-0.4, -0.2) is 16.2 Å². The van der Waals surface area contributed by atoms with Gasteiger partial charge in [-0.1, -0.05) is 23.9 Å². The van der Waals surface area contributed by atoms with Gasteiger partial charge in [0.25, 0.3) is 0 Å². The molecule has 0 radical (unpaired) electrons. The first-order valence-electron chi connectivity index (χ1n) is 4.22. The summed E-state index contributed by atoms with van der Waals surface area (Å²) in [6.07, 6.45) is 0. The third-order valence-corrected chi connectivity index (χ3v) is 2.88. The van der Waals surface area contributed by atoms with Crippen LogP contribution in [0.1, 0.15) is 12.5 Å². The van der Waals surface area contributed by atoms with Crippen LogP contribution in [0.5, 0.6) is 0 Å². The zero-order valence-corrected chi connectivity index (χ0v) is 8.34. The van der Waals surface area contributed by atoms with E-state index in [0.29, 0.717) is 0 Å². The van der Waals surface area contributed by atoms with Crippen LogP contribution in [0.15, 0.2) is 29.3 Å². The van der Waals surface area contributed by atoms with Gasteiger partial charge in [0.2, 0.25) is 0 Å². The number of nitrogens with zero attached hydrogens (tertiary/aromatic N) is 1. The van der Waals surface area contributed by atoms with E-state index in [0.717, 1.165) is 11.3 Å². The summed E-state index contributed by atoms with van der Waals surface area (Å²) in [7, 11) is 0. The highest BCUT2D eigenvalue weighted by molar-refractivity contribution is 8.15. The first-order chi connectivity index (χ1) is 6.66. The van der Waals surface area contributed by atoms with Gasteiger partial charge in [0.05, 0.1) is 11.0 Å². The van der Waals surface area contributed by atoms with Gasteiger partial charge in [-0.25, -0.2) is 9.38 Å². The van der Waals surface area contributed by atoms with Crippen LogP contribution in [0.3, 0.4) is 0 Å². The number of benzene rings is 1. The van der Waals surface area contributed by atoms with Gasteiger partial charge >= 0.3 is 5.24 Å². The second-order valence-electron chi connectivity index (χ2n) is 3.03. The van der Waals surface area contributed by atoms with Crippen molar-refractivity contribution in [3.05, 3.63) is 35.6 Å². The second-order valence-corrected chi connectivity index (χ2v) is 4.32. The fourth-order valence-electron chi connectivity index (χ4n) is 1.34. The molecule has 1 amide bonds. The Balaban J connectivity index is 2.36. The Morgan fingerprint density at radius 3 is 2.50 bits per heavy atom. The summed E-state index contributed by atoms with van der Waals surface area (Å²) in [4.78, 5) is 14.9. The third-order valence-electron chi connectivity index (χ3n) is 2.01. The van der Waals surface area contributed by atoms with E-state index in [1.54, 1.807) is 12.1 Å². The Morgan fingerprint density at radius 2 is 2.00 bits per heavy atom. The quantitative estimate of drug-likeness (QED) is 0.711. The van der Waals surface area contributed by atoms with Gasteiger partial charge in [0, 0.05) is 0 Å². The first kappa shape index (κ1) is 9.40. The van der Waals surface area contributed by atoms with Gasteiger partial charge in [-0.3, -0.25) is 4.79 Å². The lowest BCUT2D eigenvalue weighted by atomic mass is 10.1. The molecule has 1 heterocycles.